The van der Waals surface area contributed by atoms with Crippen molar-refractivity contribution in [2.75, 3.05) is 37.8 Å². The van der Waals surface area contributed by atoms with Crippen molar-refractivity contribution in [3.05, 3.63) is 18.3 Å². The molecular weight excluding hydrogens is 348 g/mol. The molecule has 1 saturated heterocycles. The number of carbonyl (C=O) groups is 1. The molecule has 25 heavy (non-hydrogen) atoms. The summed E-state index contributed by atoms with van der Waals surface area (Å²) in [5.41, 5.74) is 0.404. The van der Waals surface area contributed by atoms with Crippen LogP contribution in [0.15, 0.2) is 18.3 Å². The first-order valence-electron chi connectivity index (χ1n) is 7.99. The number of ether oxygens (including phenoxy) is 2. The smallest absolute Gasteiger partial charge is 0.319 e. The lowest BCUT2D eigenvalue weighted by atomic mass is 10.3. The Bertz CT molecular complexity index is 687. The van der Waals surface area contributed by atoms with Crippen LogP contribution in [-0.4, -0.2) is 68.4 Å². The average molecular weight is 372 g/mol. The van der Waals surface area contributed by atoms with Crippen LogP contribution in [-0.2, 0) is 14.8 Å². The van der Waals surface area contributed by atoms with Crippen molar-refractivity contribution in [3.63, 3.8) is 0 Å². The van der Waals surface area contributed by atoms with E-state index in [0.29, 0.717) is 18.8 Å². The fourth-order valence-corrected chi connectivity index (χ4v) is 4.09. The van der Waals surface area contributed by atoms with Gasteiger partial charge in [-0.25, -0.2) is 18.2 Å². The molecule has 2 heterocycles. The molecular formula is C15H24N4O5S. The molecule has 2 atom stereocenters. The molecule has 2 amide bonds. The highest BCUT2D eigenvalue weighted by atomic mass is 32.2. The Labute approximate surface area is 147 Å². The highest BCUT2D eigenvalue weighted by Gasteiger charge is 2.30. The summed E-state index contributed by atoms with van der Waals surface area (Å²) in [5, 5.41) is 5.11. The third-order valence-corrected chi connectivity index (χ3v) is 5.44. The number of hydrogen-bond donors (Lipinski definition) is 2. The van der Waals surface area contributed by atoms with Gasteiger partial charge < -0.3 is 20.1 Å². The SMILES string of the molecule is COc1ncccc1NC(=O)NCCS(=O)(=O)N1C[C@@H](C)O[C@H](C)C1. The van der Waals surface area contributed by atoms with Crippen LogP contribution >= 0.6 is 0 Å². The number of amides is 2. The lowest BCUT2D eigenvalue weighted by molar-refractivity contribution is -0.0440. The topological polar surface area (TPSA) is 110 Å². The van der Waals surface area contributed by atoms with Crippen molar-refractivity contribution in [3.8, 4) is 5.88 Å². The van der Waals surface area contributed by atoms with Crippen molar-refractivity contribution in [1.29, 1.82) is 0 Å². The summed E-state index contributed by atoms with van der Waals surface area (Å²) in [6.07, 6.45) is 1.25. The summed E-state index contributed by atoms with van der Waals surface area (Å²) >= 11 is 0. The van der Waals surface area contributed by atoms with E-state index < -0.39 is 16.1 Å². The van der Waals surface area contributed by atoms with Gasteiger partial charge in [0.25, 0.3) is 0 Å². The summed E-state index contributed by atoms with van der Waals surface area (Å²) < 4.78 is 36.8. The van der Waals surface area contributed by atoms with Crippen LogP contribution in [0.2, 0.25) is 0 Å². The van der Waals surface area contributed by atoms with Gasteiger partial charge in [0.15, 0.2) is 0 Å². The first-order valence-corrected chi connectivity index (χ1v) is 9.60. The molecule has 0 radical (unpaired) electrons. The summed E-state index contributed by atoms with van der Waals surface area (Å²) in [7, 11) is -2.01. The van der Waals surface area contributed by atoms with Gasteiger partial charge in [0.05, 0.1) is 25.1 Å². The predicted octanol–water partition coefficient (Wildman–Crippen LogP) is 0.651. The Balaban J connectivity index is 1.84. The zero-order chi connectivity index (χ0) is 18.4. The molecule has 2 N–H and O–H groups in total. The molecule has 10 heteroatoms. The predicted molar refractivity (Wildman–Crippen MR) is 93.2 cm³/mol. The Hall–Kier alpha value is -1.91. The Morgan fingerprint density at radius 3 is 2.72 bits per heavy atom. The summed E-state index contributed by atoms with van der Waals surface area (Å²) in [6.45, 7) is 4.32. The lowest BCUT2D eigenvalue weighted by Gasteiger charge is -2.34. The second kappa shape index (κ2) is 8.45. The zero-order valence-corrected chi connectivity index (χ0v) is 15.4. The maximum atomic E-state index is 12.4. The van der Waals surface area contributed by atoms with E-state index in [2.05, 4.69) is 15.6 Å². The fourth-order valence-electron chi connectivity index (χ4n) is 2.60. The number of sulfonamides is 1. The molecule has 0 aliphatic carbocycles. The van der Waals surface area contributed by atoms with Crippen LogP contribution in [0.5, 0.6) is 5.88 Å². The second-order valence-electron chi connectivity index (χ2n) is 5.83. The minimum absolute atomic E-state index is 0.00311. The number of nitrogens with one attached hydrogen (secondary N) is 2. The Kier molecular flexibility index (Phi) is 6.57. The normalized spacial score (nSPS) is 21.6. The van der Waals surface area contributed by atoms with Crippen LogP contribution in [0, 0.1) is 0 Å². The largest absolute Gasteiger partial charge is 0.480 e. The molecule has 2 rings (SSSR count). The molecule has 0 spiro atoms. The number of anilines is 1. The van der Waals surface area contributed by atoms with Gasteiger partial charge in [-0.2, -0.15) is 4.31 Å². The van der Waals surface area contributed by atoms with Gasteiger partial charge >= 0.3 is 6.03 Å². The molecule has 0 aromatic carbocycles. The van der Waals surface area contributed by atoms with Crippen molar-refractivity contribution < 1.29 is 22.7 Å². The summed E-state index contributed by atoms with van der Waals surface area (Å²) in [5.74, 6) is 0.103. The third kappa shape index (κ3) is 5.55. The molecule has 0 bridgehead atoms. The third-order valence-electron chi connectivity index (χ3n) is 3.64. The van der Waals surface area contributed by atoms with Gasteiger partial charge in [-0.05, 0) is 26.0 Å². The molecule has 0 saturated carbocycles. The molecule has 1 aliphatic heterocycles. The number of hydrogen-bond acceptors (Lipinski definition) is 6. The molecule has 1 aliphatic rings. The monoisotopic (exact) mass is 372 g/mol. The van der Waals surface area contributed by atoms with E-state index in [1.807, 2.05) is 13.8 Å². The zero-order valence-electron chi connectivity index (χ0n) is 14.6. The Morgan fingerprint density at radius 2 is 2.08 bits per heavy atom. The number of methoxy groups -OCH3 is 1. The van der Waals surface area contributed by atoms with Gasteiger partial charge in [0.2, 0.25) is 15.9 Å². The fraction of sp³-hybridized carbons (Fsp3) is 0.600. The van der Waals surface area contributed by atoms with E-state index in [4.69, 9.17) is 9.47 Å². The van der Waals surface area contributed by atoms with Crippen LogP contribution in [0.4, 0.5) is 10.5 Å². The number of carbonyl (C=O) groups excluding carboxylic acids is 1. The molecule has 9 nitrogen and oxygen atoms in total. The van der Waals surface area contributed by atoms with E-state index >= 15 is 0 Å². The van der Waals surface area contributed by atoms with E-state index in [0.717, 1.165) is 0 Å². The first kappa shape index (κ1) is 19.4. The van der Waals surface area contributed by atoms with E-state index in [1.54, 1.807) is 18.3 Å². The number of rotatable bonds is 6. The van der Waals surface area contributed by atoms with Crippen molar-refractivity contribution in [1.82, 2.24) is 14.6 Å². The number of nitrogens with zero attached hydrogens (tertiary/aromatic N) is 2. The van der Waals surface area contributed by atoms with Crippen LogP contribution in [0.3, 0.4) is 0 Å². The molecule has 1 aromatic rings. The van der Waals surface area contributed by atoms with Crippen molar-refractivity contribution in [2.45, 2.75) is 26.1 Å². The molecule has 0 unspecified atom stereocenters. The number of morpholine rings is 1. The molecule has 1 aromatic heterocycles. The van der Waals surface area contributed by atoms with Gasteiger partial charge in [0.1, 0.15) is 5.69 Å². The summed E-state index contributed by atoms with van der Waals surface area (Å²) in [6, 6.07) is 2.77. The van der Waals surface area contributed by atoms with Crippen LogP contribution in [0.25, 0.3) is 0 Å². The summed E-state index contributed by atoms with van der Waals surface area (Å²) in [4.78, 5) is 15.9. The van der Waals surface area contributed by atoms with E-state index in [1.165, 1.54) is 11.4 Å². The van der Waals surface area contributed by atoms with Crippen LogP contribution in [0.1, 0.15) is 13.8 Å². The van der Waals surface area contributed by atoms with Gasteiger partial charge in [0, 0.05) is 25.8 Å². The Morgan fingerprint density at radius 1 is 1.40 bits per heavy atom. The average Bonchev–Trinajstić information content (AvgIpc) is 2.54. The van der Waals surface area contributed by atoms with Gasteiger partial charge in [-0.3, -0.25) is 0 Å². The maximum absolute atomic E-state index is 12.4. The number of aromatic nitrogens is 1. The molecule has 140 valence electrons. The quantitative estimate of drug-likeness (QED) is 0.759. The molecule has 1 fully saturated rings. The lowest BCUT2D eigenvalue weighted by Crippen LogP contribution is -2.49. The van der Waals surface area contributed by atoms with Gasteiger partial charge in [-0.15, -0.1) is 0 Å². The number of urea groups is 1. The standard InChI is InChI=1S/C15H24N4O5S/c1-11-9-19(10-12(2)24-11)25(21,22)8-7-17-15(20)18-13-5-4-6-16-14(13)23-3/h4-6,11-12H,7-10H2,1-3H3,(H2,17,18,20)/t11-,12-/m1/s1. The van der Waals surface area contributed by atoms with Crippen molar-refractivity contribution >= 4 is 21.7 Å². The highest BCUT2D eigenvalue weighted by molar-refractivity contribution is 7.89. The van der Waals surface area contributed by atoms with Gasteiger partial charge in [-0.1, -0.05) is 0 Å². The minimum atomic E-state index is -3.46. The second-order valence-corrected chi connectivity index (χ2v) is 7.92. The highest BCUT2D eigenvalue weighted by Crippen LogP contribution is 2.19. The van der Waals surface area contributed by atoms with E-state index in [9.17, 15) is 13.2 Å². The first-order chi connectivity index (χ1) is 11.8. The van der Waals surface area contributed by atoms with E-state index in [-0.39, 0.29) is 30.4 Å². The maximum Gasteiger partial charge on any atom is 0.319 e. The van der Waals surface area contributed by atoms with Crippen molar-refractivity contribution in [2.24, 2.45) is 0 Å². The minimum Gasteiger partial charge on any atom is -0.480 e. The number of pyridine rings is 1. The van der Waals surface area contributed by atoms with Crippen LogP contribution < -0.4 is 15.4 Å².